The molecule has 1 amide bonds. The molecule has 3 rings (SSSR count). The summed E-state index contributed by atoms with van der Waals surface area (Å²) in [5, 5.41) is 9.29. The fourth-order valence-corrected chi connectivity index (χ4v) is 4.34. The van der Waals surface area contributed by atoms with Crippen molar-refractivity contribution in [1.29, 1.82) is 0 Å². The molecular formula is C14H22N2O3. The van der Waals surface area contributed by atoms with E-state index in [1.807, 2.05) is 4.90 Å². The summed E-state index contributed by atoms with van der Waals surface area (Å²) in [6.07, 6.45) is 5.01. The second kappa shape index (κ2) is 4.78. The lowest BCUT2D eigenvalue weighted by Gasteiger charge is -2.39. The number of aliphatic carboxylic acids is 1. The highest BCUT2D eigenvalue weighted by molar-refractivity contribution is 5.73. The van der Waals surface area contributed by atoms with Gasteiger partial charge in [-0.3, -0.25) is 14.5 Å². The van der Waals surface area contributed by atoms with Gasteiger partial charge in [-0.15, -0.1) is 0 Å². The highest BCUT2D eigenvalue weighted by atomic mass is 16.4. The van der Waals surface area contributed by atoms with Crippen molar-refractivity contribution in [2.45, 2.75) is 57.2 Å². The molecule has 3 atom stereocenters. The number of hydrogen-bond donors (Lipinski definition) is 1. The van der Waals surface area contributed by atoms with Crippen molar-refractivity contribution in [3.63, 3.8) is 0 Å². The second-order valence-corrected chi connectivity index (χ2v) is 6.16. The van der Waals surface area contributed by atoms with Crippen molar-refractivity contribution in [3.05, 3.63) is 0 Å². The lowest BCUT2D eigenvalue weighted by Crippen LogP contribution is -2.48. The molecule has 5 nitrogen and oxygen atoms in total. The zero-order valence-corrected chi connectivity index (χ0v) is 11.4. The number of piperidine rings is 1. The van der Waals surface area contributed by atoms with Gasteiger partial charge in [0, 0.05) is 38.1 Å². The summed E-state index contributed by atoms with van der Waals surface area (Å²) in [6, 6.07) is 1.20. The van der Waals surface area contributed by atoms with Crippen molar-refractivity contribution in [3.8, 4) is 0 Å². The Morgan fingerprint density at radius 2 is 1.74 bits per heavy atom. The highest BCUT2D eigenvalue weighted by Crippen LogP contribution is 2.44. The van der Waals surface area contributed by atoms with E-state index in [1.54, 1.807) is 6.92 Å². The second-order valence-electron chi connectivity index (χ2n) is 6.16. The number of amides is 1. The van der Waals surface area contributed by atoms with E-state index in [0.29, 0.717) is 12.1 Å². The third-order valence-electron chi connectivity index (χ3n) is 5.24. The SMILES string of the molecule is CC(=O)N1CCC(N2C3CCC2C(C(=O)O)C3)CC1. The van der Waals surface area contributed by atoms with Crippen LogP contribution in [0.15, 0.2) is 0 Å². The zero-order chi connectivity index (χ0) is 13.6. The first kappa shape index (κ1) is 12.9. The van der Waals surface area contributed by atoms with Crippen LogP contribution < -0.4 is 0 Å². The molecule has 3 saturated heterocycles. The van der Waals surface area contributed by atoms with Gasteiger partial charge < -0.3 is 10.0 Å². The van der Waals surface area contributed by atoms with Crippen LogP contribution in [0.1, 0.15) is 39.0 Å². The molecule has 19 heavy (non-hydrogen) atoms. The van der Waals surface area contributed by atoms with Gasteiger partial charge in [-0.1, -0.05) is 0 Å². The lowest BCUT2D eigenvalue weighted by molar-refractivity contribution is -0.142. The average molecular weight is 266 g/mol. The quantitative estimate of drug-likeness (QED) is 0.808. The molecule has 3 heterocycles. The number of carboxylic acid groups (broad SMARTS) is 1. The number of carbonyl (C=O) groups excluding carboxylic acids is 1. The van der Waals surface area contributed by atoms with Crippen LogP contribution in [0.2, 0.25) is 0 Å². The minimum absolute atomic E-state index is 0.159. The van der Waals surface area contributed by atoms with Crippen molar-refractivity contribution in [1.82, 2.24) is 9.80 Å². The van der Waals surface area contributed by atoms with E-state index in [4.69, 9.17) is 0 Å². The molecule has 106 valence electrons. The molecule has 2 bridgehead atoms. The van der Waals surface area contributed by atoms with Gasteiger partial charge in [0.2, 0.25) is 5.91 Å². The van der Waals surface area contributed by atoms with Crippen LogP contribution in [-0.2, 0) is 9.59 Å². The van der Waals surface area contributed by atoms with Gasteiger partial charge in [-0.2, -0.15) is 0 Å². The number of fused-ring (bicyclic) bond motifs is 2. The maximum Gasteiger partial charge on any atom is 0.308 e. The molecular weight excluding hydrogens is 244 g/mol. The maximum absolute atomic E-state index is 11.3. The zero-order valence-electron chi connectivity index (χ0n) is 11.4. The fourth-order valence-electron chi connectivity index (χ4n) is 4.34. The number of hydrogen-bond acceptors (Lipinski definition) is 3. The summed E-state index contributed by atoms with van der Waals surface area (Å²) in [6.45, 7) is 3.28. The molecule has 0 aromatic carbocycles. The van der Waals surface area contributed by atoms with Crippen LogP contribution in [0.25, 0.3) is 0 Å². The summed E-state index contributed by atoms with van der Waals surface area (Å²) in [5.41, 5.74) is 0. The van der Waals surface area contributed by atoms with Crippen LogP contribution in [0, 0.1) is 5.92 Å². The van der Waals surface area contributed by atoms with Gasteiger partial charge in [-0.05, 0) is 32.1 Å². The largest absolute Gasteiger partial charge is 0.481 e. The van der Waals surface area contributed by atoms with Crippen molar-refractivity contribution >= 4 is 11.9 Å². The molecule has 3 aliphatic rings. The molecule has 0 aromatic rings. The smallest absolute Gasteiger partial charge is 0.308 e. The number of carbonyl (C=O) groups is 2. The fraction of sp³-hybridized carbons (Fsp3) is 0.857. The number of carboxylic acids is 1. The number of rotatable bonds is 2. The van der Waals surface area contributed by atoms with Gasteiger partial charge in [0.05, 0.1) is 5.92 Å². The third-order valence-corrected chi connectivity index (χ3v) is 5.24. The van der Waals surface area contributed by atoms with Crippen LogP contribution in [-0.4, -0.2) is 58.0 Å². The van der Waals surface area contributed by atoms with Crippen molar-refractivity contribution in [2.24, 2.45) is 5.92 Å². The van der Waals surface area contributed by atoms with E-state index in [0.717, 1.165) is 45.2 Å². The Morgan fingerprint density at radius 3 is 2.26 bits per heavy atom. The first-order chi connectivity index (χ1) is 9.08. The van der Waals surface area contributed by atoms with Crippen LogP contribution in [0.5, 0.6) is 0 Å². The van der Waals surface area contributed by atoms with Crippen molar-refractivity contribution < 1.29 is 14.7 Å². The van der Waals surface area contributed by atoms with E-state index >= 15 is 0 Å². The monoisotopic (exact) mass is 266 g/mol. The number of nitrogens with zero attached hydrogens (tertiary/aromatic N) is 2. The van der Waals surface area contributed by atoms with Crippen LogP contribution >= 0.6 is 0 Å². The minimum Gasteiger partial charge on any atom is -0.481 e. The molecule has 3 fully saturated rings. The predicted octanol–water partition coefficient (Wildman–Crippen LogP) is 0.935. The molecule has 3 aliphatic heterocycles. The van der Waals surface area contributed by atoms with Gasteiger partial charge >= 0.3 is 5.97 Å². The first-order valence-electron chi connectivity index (χ1n) is 7.33. The summed E-state index contributed by atoms with van der Waals surface area (Å²) < 4.78 is 0. The first-order valence-corrected chi connectivity index (χ1v) is 7.33. The lowest BCUT2D eigenvalue weighted by atomic mass is 9.89. The third kappa shape index (κ3) is 2.14. The maximum atomic E-state index is 11.3. The van der Waals surface area contributed by atoms with Gasteiger partial charge in [0.25, 0.3) is 0 Å². The molecule has 0 aromatic heterocycles. The van der Waals surface area contributed by atoms with Gasteiger partial charge in [0.1, 0.15) is 0 Å². The summed E-state index contributed by atoms with van der Waals surface area (Å²) in [5.74, 6) is -0.630. The van der Waals surface area contributed by atoms with Crippen molar-refractivity contribution in [2.75, 3.05) is 13.1 Å². The Bertz CT molecular complexity index is 390. The Kier molecular flexibility index (Phi) is 3.25. The van der Waals surface area contributed by atoms with Gasteiger partial charge in [0.15, 0.2) is 0 Å². The van der Waals surface area contributed by atoms with E-state index in [2.05, 4.69) is 4.90 Å². The molecule has 5 heteroatoms. The molecule has 3 unspecified atom stereocenters. The van der Waals surface area contributed by atoms with E-state index in [-0.39, 0.29) is 17.9 Å². The Hall–Kier alpha value is -1.10. The Balaban J connectivity index is 1.65. The summed E-state index contributed by atoms with van der Waals surface area (Å²) in [7, 11) is 0. The Labute approximate surface area is 113 Å². The molecule has 0 aliphatic carbocycles. The molecule has 0 saturated carbocycles. The summed E-state index contributed by atoms with van der Waals surface area (Å²) in [4.78, 5) is 27.0. The van der Waals surface area contributed by atoms with E-state index in [1.165, 1.54) is 0 Å². The van der Waals surface area contributed by atoms with Crippen LogP contribution in [0.3, 0.4) is 0 Å². The average Bonchev–Trinajstić information content (AvgIpc) is 2.96. The van der Waals surface area contributed by atoms with Crippen LogP contribution in [0.4, 0.5) is 0 Å². The molecule has 0 radical (unpaired) electrons. The normalized spacial score (nSPS) is 35.8. The topological polar surface area (TPSA) is 60.9 Å². The summed E-state index contributed by atoms with van der Waals surface area (Å²) >= 11 is 0. The predicted molar refractivity (Wildman–Crippen MR) is 69.7 cm³/mol. The standard InChI is InChI=1S/C14H22N2O3/c1-9(17)15-6-4-10(5-7-15)16-11-2-3-13(16)12(8-11)14(18)19/h10-13H,2-8H2,1H3,(H,18,19). The highest BCUT2D eigenvalue weighted by Gasteiger charge is 2.51. The van der Waals surface area contributed by atoms with E-state index in [9.17, 15) is 14.7 Å². The van der Waals surface area contributed by atoms with Gasteiger partial charge in [-0.25, -0.2) is 0 Å². The minimum atomic E-state index is -0.627. The van der Waals surface area contributed by atoms with E-state index < -0.39 is 5.97 Å². The molecule has 1 N–H and O–H groups in total. The Morgan fingerprint density at radius 1 is 1.05 bits per heavy atom. The molecule has 0 spiro atoms. The number of likely N-dealkylation sites (tertiary alicyclic amines) is 1.